The monoisotopic (exact) mass is 332 g/mol. The largest absolute Gasteiger partial charge is 0.480 e. The van der Waals surface area contributed by atoms with Crippen molar-refractivity contribution in [3.8, 4) is 0 Å². The van der Waals surface area contributed by atoms with Gasteiger partial charge >= 0.3 is 18.0 Å². The van der Waals surface area contributed by atoms with Gasteiger partial charge in [-0.25, -0.2) is 15.6 Å². The minimum atomic E-state index is -1.35. The van der Waals surface area contributed by atoms with Crippen molar-refractivity contribution < 1.29 is 29.4 Å². The van der Waals surface area contributed by atoms with Crippen LogP contribution in [0.1, 0.15) is 13.8 Å². The molecular formula is C11H20N6O6. The van der Waals surface area contributed by atoms with Gasteiger partial charge in [-0.1, -0.05) is 0 Å². The van der Waals surface area contributed by atoms with E-state index in [0.29, 0.717) is 4.90 Å². The van der Waals surface area contributed by atoms with Crippen LogP contribution in [0.5, 0.6) is 0 Å². The third-order valence-corrected chi connectivity index (χ3v) is 3.63. The summed E-state index contributed by atoms with van der Waals surface area (Å²) in [5, 5.41) is 17.9. The molecule has 2 unspecified atom stereocenters. The van der Waals surface area contributed by atoms with Crippen molar-refractivity contribution in [2.75, 3.05) is 13.1 Å². The molecule has 8 N–H and O–H groups in total. The van der Waals surface area contributed by atoms with Gasteiger partial charge in [-0.15, -0.1) is 0 Å². The van der Waals surface area contributed by atoms with Crippen LogP contribution in [0, 0.1) is 0 Å². The molecule has 1 fully saturated rings. The first kappa shape index (κ1) is 18.8. The van der Waals surface area contributed by atoms with E-state index in [9.17, 15) is 19.2 Å². The maximum absolute atomic E-state index is 12.4. The zero-order valence-corrected chi connectivity index (χ0v) is 12.6. The second-order valence-electron chi connectivity index (χ2n) is 5.48. The fourth-order valence-electron chi connectivity index (χ4n) is 2.15. The lowest BCUT2D eigenvalue weighted by Gasteiger charge is -2.29. The number of nitrogens with one attached hydrogen (secondary N) is 2. The van der Waals surface area contributed by atoms with Crippen LogP contribution < -0.4 is 22.5 Å². The lowest BCUT2D eigenvalue weighted by molar-refractivity contribution is -0.142. The third kappa shape index (κ3) is 3.56. The Morgan fingerprint density at radius 3 is 1.91 bits per heavy atom. The summed E-state index contributed by atoms with van der Waals surface area (Å²) in [6.45, 7) is 1.99. The number of aliphatic carboxylic acids is 2. The highest BCUT2D eigenvalue weighted by molar-refractivity contribution is 6.07. The van der Waals surface area contributed by atoms with Crippen molar-refractivity contribution in [2.45, 2.75) is 31.5 Å². The fourth-order valence-corrected chi connectivity index (χ4v) is 2.15. The molecule has 12 heteroatoms. The zero-order valence-electron chi connectivity index (χ0n) is 12.6. The van der Waals surface area contributed by atoms with E-state index in [2.05, 4.69) is 0 Å². The number of carbonyl (C=O) groups is 4. The number of amides is 3. The molecule has 3 amide bonds. The number of rotatable bonds is 8. The molecular weight excluding hydrogens is 312 g/mol. The van der Waals surface area contributed by atoms with Gasteiger partial charge in [0, 0.05) is 0 Å². The SMILES string of the molecule is CC1(C)C(=O)N(CC(NN)C(=O)O)C(=O)N1CC(NN)C(=O)O. The van der Waals surface area contributed by atoms with Crippen LogP contribution in [-0.2, 0) is 14.4 Å². The number of nitrogens with two attached hydrogens (primary N) is 2. The summed E-state index contributed by atoms with van der Waals surface area (Å²) in [7, 11) is 0. The molecule has 1 rings (SSSR count). The maximum atomic E-state index is 12.4. The number of carbonyl (C=O) groups excluding carboxylic acids is 2. The highest BCUT2D eigenvalue weighted by Crippen LogP contribution is 2.27. The molecule has 0 aromatic carbocycles. The number of carboxylic acid groups (broad SMARTS) is 2. The first-order valence-corrected chi connectivity index (χ1v) is 6.59. The van der Waals surface area contributed by atoms with Crippen LogP contribution >= 0.6 is 0 Å². The highest BCUT2D eigenvalue weighted by atomic mass is 16.4. The van der Waals surface area contributed by atoms with Gasteiger partial charge in [-0.3, -0.25) is 31.0 Å². The Balaban J connectivity index is 3.03. The number of nitrogens with zero attached hydrogens (tertiary/aromatic N) is 2. The van der Waals surface area contributed by atoms with E-state index in [-0.39, 0.29) is 6.54 Å². The van der Waals surface area contributed by atoms with Crippen LogP contribution in [0.25, 0.3) is 0 Å². The lowest BCUT2D eigenvalue weighted by Crippen LogP contribution is -2.54. The third-order valence-electron chi connectivity index (χ3n) is 3.63. The predicted molar refractivity (Wildman–Crippen MR) is 75.4 cm³/mol. The quantitative estimate of drug-likeness (QED) is 0.150. The van der Waals surface area contributed by atoms with Crippen LogP contribution in [0.3, 0.4) is 0 Å². The lowest BCUT2D eigenvalue weighted by atomic mass is 10.0. The average molecular weight is 332 g/mol. The topological polar surface area (TPSA) is 191 Å². The van der Waals surface area contributed by atoms with E-state index in [1.54, 1.807) is 0 Å². The van der Waals surface area contributed by atoms with E-state index < -0.39 is 48.0 Å². The summed E-state index contributed by atoms with van der Waals surface area (Å²) >= 11 is 0. The van der Waals surface area contributed by atoms with Crippen molar-refractivity contribution in [3.05, 3.63) is 0 Å². The maximum Gasteiger partial charge on any atom is 0.327 e. The minimum absolute atomic E-state index is 0.367. The Morgan fingerprint density at radius 1 is 1.09 bits per heavy atom. The summed E-state index contributed by atoms with van der Waals surface area (Å²) < 4.78 is 0. The van der Waals surface area contributed by atoms with Gasteiger partial charge in [-0.05, 0) is 13.8 Å². The summed E-state index contributed by atoms with van der Waals surface area (Å²) in [4.78, 5) is 48.5. The van der Waals surface area contributed by atoms with Crippen molar-refractivity contribution >= 4 is 23.9 Å². The zero-order chi connectivity index (χ0) is 17.9. The highest BCUT2D eigenvalue weighted by Gasteiger charge is 2.52. The van der Waals surface area contributed by atoms with Gasteiger partial charge in [-0.2, -0.15) is 0 Å². The van der Waals surface area contributed by atoms with Gasteiger partial charge in [0.05, 0.1) is 13.1 Å². The van der Waals surface area contributed by atoms with Crippen LogP contribution in [0.4, 0.5) is 4.79 Å². The summed E-state index contributed by atoms with van der Waals surface area (Å²) in [6.07, 6.45) is 0. The molecule has 12 nitrogen and oxygen atoms in total. The van der Waals surface area contributed by atoms with Gasteiger partial charge < -0.3 is 15.1 Å². The molecule has 0 aromatic rings. The molecule has 1 heterocycles. The van der Waals surface area contributed by atoms with Crippen LogP contribution in [-0.4, -0.2) is 74.6 Å². The van der Waals surface area contributed by atoms with Crippen molar-refractivity contribution in [3.63, 3.8) is 0 Å². The molecule has 1 saturated heterocycles. The molecule has 0 aliphatic carbocycles. The first-order chi connectivity index (χ1) is 10.6. The standard InChI is InChI=1S/C11H20N6O6/c1-11(2)9(22)16(3-5(14-12)7(18)19)10(23)17(11)4-6(15-13)8(20)21/h5-6,14-15H,3-4,12-13H2,1-2H3,(H,18,19)(H,20,21). The molecule has 130 valence electrons. The smallest absolute Gasteiger partial charge is 0.327 e. The average Bonchev–Trinajstić information content (AvgIpc) is 2.61. The molecule has 0 saturated carbocycles. The molecule has 1 aliphatic rings. The number of imide groups is 1. The molecule has 2 atom stereocenters. The molecule has 0 aromatic heterocycles. The Hall–Kier alpha value is -2.28. The van der Waals surface area contributed by atoms with Gasteiger partial charge in [0.15, 0.2) is 0 Å². The van der Waals surface area contributed by atoms with Gasteiger partial charge in [0.25, 0.3) is 5.91 Å². The van der Waals surface area contributed by atoms with Crippen LogP contribution in [0.2, 0.25) is 0 Å². The summed E-state index contributed by atoms with van der Waals surface area (Å²) in [5.74, 6) is 6.92. The second kappa shape index (κ2) is 6.87. The molecule has 0 spiro atoms. The number of carboxylic acids is 2. The Morgan fingerprint density at radius 2 is 1.52 bits per heavy atom. The molecule has 1 aliphatic heterocycles. The number of hydrogen-bond acceptors (Lipinski definition) is 8. The Kier molecular flexibility index (Phi) is 5.60. The Labute approximate surface area is 131 Å². The number of hydrogen-bond donors (Lipinski definition) is 6. The van der Waals surface area contributed by atoms with Crippen molar-refractivity contribution in [1.82, 2.24) is 20.7 Å². The van der Waals surface area contributed by atoms with Gasteiger partial charge in [0.1, 0.15) is 17.6 Å². The van der Waals surface area contributed by atoms with E-state index in [4.69, 9.17) is 21.9 Å². The Bertz CT molecular complexity index is 523. The summed E-state index contributed by atoms with van der Waals surface area (Å²) in [5.41, 5.74) is 2.68. The predicted octanol–water partition coefficient (Wildman–Crippen LogP) is -3.14. The van der Waals surface area contributed by atoms with Crippen molar-refractivity contribution in [1.29, 1.82) is 0 Å². The van der Waals surface area contributed by atoms with E-state index in [1.807, 2.05) is 10.9 Å². The first-order valence-electron chi connectivity index (χ1n) is 6.59. The van der Waals surface area contributed by atoms with E-state index in [1.165, 1.54) is 13.8 Å². The molecule has 0 bridgehead atoms. The van der Waals surface area contributed by atoms with Crippen molar-refractivity contribution in [2.24, 2.45) is 11.7 Å². The van der Waals surface area contributed by atoms with E-state index in [0.717, 1.165) is 4.90 Å². The van der Waals surface area contributed by atoms with Gasteiger partial charge in [0.2, 0.25) is 0 Å². The summed E-state index contributed by atoms with van der Waals surface area (Å²) in [6, 6.07) is -3.45. The minimum Gasteiger partial charge on any atom is -0.480 e. The fraction of sp³-hybridized carbons (Fsp3) is 0.636. The van der Waals surface area contributed by atoms with Crippen LogP contribution in [0.15, 0.2) is 0 Å². The normalized spacial score (nSPS) is 19.8. The number of hydrazine groups is 2. The van der Waals surface area contributed by atoms with E-state index >= 15 is 0 Å². The number of urea groups is 1. The molecule has 0 radical (unpaired) electrons. The molecule has 23 heavy (non-hydrogen) atoms. The second-order valence-corrected chi connectivity index (χ2v) is 5.48.